The number of hydrogen-bond acceptors (Lipinski definition) is 6. The number of benzene rings is 2. The van der Waals surface area contributed by atoms with Crippen LogP contribution in [-0.2, 0) is 6.18 Å². The maximum Gasteiger partial charge on any atom is 0.420 e. The quantitative estimate of drug-likeness (QED) is 0.754. The zero-order chi connectivity index (χ0) is 21.2. The SMILES string of the molecule is COc1cc(/C=C2\SC(=O)NC2O)ccc1Oc1ccc(C#N)cc1C(F)(F)F. The summed E-state index contributed by atoms with van der Waals surface area (Å²) in [5, 5.41) is 20.5. The molecule has 1 unspecified atom stereocenters. The van der Waals surface area contributed by atoms with Crippen LogP contribution in [0, 0.1) is 11.3 Å². The third kappa shape index (κ3) is 4.64. The predicted octanol–water partition coefficient (Wildman–Crippen LogP) is 4.49. The predicted molar refractivity (Wildman–Crippen MR) is 99.3 cm³/mol. The Balaban J connectivity index is 1.94. The largest absolute Gasteiger partial charge is 0.493 e. The maximum atomic E-state index is 13.3. The van der Waals surface area contributed by atoms with Crippen molar-refractivity contribution in [1.82, 2.24) is 5.32 Å². The highest BCUT2D eigenvalue weighted by Gasteiger charge is 2.35. The number of methoxy groups -OCH3 is 1. The van der Waals surface area contributed by atoms with Crippen LogP contribution in [0.5, 0.6) is 17.2 Å². The first-order valence-corrected chi connectivity index (χ1v) is 8.88. The van der Waals surface area contributed by atoms with Crippen molar-refractivity contribution in [3.63, 3.8) is 0 Å². The molecule has 0 aliphatic carbocycles. The lowest BCUT2D eigenvalue weighted by Crippen LogP contribution is -2.24. The van der Waals surface area contributed by atoms with E-state index in [2.05, 4.69) is 5.32 Å². The van der Waals surface area contributed by atoms with Gasteiger partial charge in [0.15, 0.2) is 17.7 Å². The molecule has 3 rings (SSSR count). The summed E-state index contributed by atoms with van der Waals surface area (Å²) in [4.78, 5) is 11.7. The number of thioether (sulfide) groups is 1. The number of aliphatic hydroxyl groups is 1. The number of carbonyl (C=O) groups is 1. The Morgan fingerprint density at radius 1 is 1.21 bits per heavy atom. The molecule has 150 valence electrons. The van der Waals surface area contributed by atoms with E-state index in [4.69, 9.17) is 14.7 Å². The van der Waals surface area contributed by atoms with Crippen molar-refractivity contribution < 1.29 is 32.5 Å². The highest BCUT2D eigenvalue weighted by atomic mass is 32.2. The number of amides is 1. The molecule has 29 heavy (non-hydrogen) atoms. The third-order valence-electron chi connectivity index (χ3n) is 3.87. The first-order chi connectivity index (χ1) is 13.7. The van der Waals surface area contributed by atoms with Crippen LogP contribution in [-0.4, -0.2) is 23.7 Å². The number of halogens is 3. The molecular weight excluding hydrogens is 409 g/mol. The molecule has 0 spiro atoms. The second kappa shape index (κ2) is 8.06. The third-order valence-corrected chi connectivity index (χ3v) is 4.75. The van der Waals surface area contributed by atoms with Crippen LogP contribution >= 0.6 is 11.8 Å². The Morgan fingerprint density at radius 3 is 2.52 bits per heavy atom. The van der Waals surface area contributed by atoms with E-state index in [-0.39, 0.29) is 17.1 Å². The van der Waals surface area contributed by atoms with E-state index in [0.29, 0.717) is 16.5 Å². The summed E-state index contributed by atoms with van der Waals surface area (Å²) in [6, 6.07) is 9.11. The molecule has 0 aromatic heterocycles. The van der Waals surface area contributed by atoms with Crippen LogP contribution in [0.3, 0.4) is 0 Å². The molecule has 1 heterocycles. The zero-order valence-corrected chi connectivity index (χ0v) is 15.6. The molecule has 0 saturated carbocycles. The van der Waals surface area contributed by atoms with Crippen LogP contribution < -0.4 is 14.8 Å². The topological polar surface area (TPSA) is 91.6 Å². The van der Waals surface area contributed by atoms with Crippen molar-refractivity contribution in [2.45, 2.75) is 12.4 Å². The molecule has 6 nitrogen and oxygen atoms in total. The number of carbonyl (C=O) groups excluding carboxylic acids is 1. The minimum Gasteiger partial charge on any atom is -0.493 e. The standard InChI is InChI=1S/C19H13F3N2O4S/c1-27-15-7-10(8-16-17(25)24-18(26)29-16)2-5-14(15)28-13-4-3-11(9-23)6-12(13)19(20,21)22/h2-8,17,25H,1H3,(H,24,26)/b16-8-. The Bertz CT molecular complexity index is 1030. The summed E-state index contributed by atoms with van der Waals surface area (Å²) >= 11 is 0.835. The molecule has 2 aromatic carbocycles. The monoisotopic (exact) mass is 422 g/mol. The number of aliphatic hydroxyl groups excluding tert-OH is 1. The van der Waals surface area contributed by atoms with Crippen molar-refractivity contribution >= 4 is 23.1 Å². The molecule has 1 saturated heterocycles. The van der Waals surface area contributed by atoms with Gasteiger partial charge in [0.1, 0.15) is 5.75 Å². The molecule has 1 fully saturated rings. The number of nitrogens with one attached hydrogen (secondary N) is 1. The summed E-state index contributed by atoms with van der Waals surface area (Å²) in [6.07, 6.45) is -4.29. The van der Waals surface area contributed by atoms with Crippen molar-refractivity contribution in [2.24, 2.45) is 0 Å². The number of nitriles is 1. The average Bonchev–Trinajstić information content (AvgIpc) is 2.99. The molecule has 1 aliphatic heterocycles. The van der Waals surface area contributed by atoms with Crippen molar-refractivity contribution in [1.29, 1.82) is 5.26 Å². The van der Waals surface area contributed by atoms with E-state index in [1.165, 1.54) is 31.4 Å². The molecule has 2 aromatic rings. The highest BCUT2D eigenvalue weighted by Crippen LogP contribution is 2.41. The lowest BCUT2D eigenvalue weighted by Gasteiger charge is -2.16. The van der Waals surface area contributed by atoms with Gasteiger partial charge >= 0.3 is 6.18 Å². The molecule has 2 N–H and O–H groups in total. The molecule has 1 amide bonds. The number of hydrogen-bond donors (Lipinski definition) is 2. The number of nitrogens with zero attached hydrogens (tertiary/aromatic N) is 1. The smallest absolute Gasteiger partial charge is 0.420 e. The molecule has 0 radical (unpaired) electrons. The maximum absolute atomic E-state index is 13.3. The number of alkyl halides is 3. The highest BCUT2D eigenvalue weighted by molar-refractivity contribution is 8.17. The van der Waals surface area contributed by atoms with Crippen LogP contribution in [0.25, 0.3) is 6.08 Å². The Morgan fingerprint density at radius 2 is 1.93 bits per heavy atom. The Kier molecular flexibility index (Phi) is 5.72. The molecule has 1 aliphatic rings. The van der Waals surface area contributed by atoms with Gasteiger partial charge < -0.3 is 19.9 Å². The van der Waals surface area contributed by atoms with Gasteiger partial charge in [0, 0.05) is 4.91 Å². The molecular formula is C19H13F3N2O4S. The van der Waals surface area contributed by atoms with Crippen molar-refractivity contribution in [2.75, 3.05) is 7.11 Å². The Labute approximate surface area is 167 Å². The molecule has 10 heteroatoms. The van der Waals surface area contributed by atoms with Gasteiger partial charge in [0.05, 0.1) is 24.3 Å². The lowest BCUT2D eigenvalue weighted by molar-refractivity contribution is -0.138. The summed E-state index contributed by atoms with van der Waals surface area (Å²) < 4.78 is 50.6. The molecule has 1 atom stereocenters. The zero-order valence-electron chi connectivity index (χ0n) is 14.8. The fraction of sp³-hybridized carbons (Fsp3) is 0.158. The van der Waals surface area contributed by atoms with Gasteiger partial charge in [-0.2, -0.15) is 18.4 Å². The van der Waals surface area contributed by atoms with Gasteiger partial charge in [0.2, 0.25) is 0 Å². The van der Waals surface area contributed by atoms with Gasteiger partial charge in [0.25, 0.3) is 5.24 Å². The normalized spacial score (nSPS) is 17.7. The average molecular weight is 422 g/mol. The van der Waals surface area contributed by atoms with Crippen LogP contribution in [0.4, 0.5) is 18.0 Å². The van der Waals surface area contributed by atoms with E-state index in [9.17, 15) is 23.1 Å². The number of ether oxygens (including phenoxy) is 2. The van der Waals surface area contributed by atoms with Crippen molar-refractivity contribution in [3.05, 3.63) is 58.0 Å². The van der Waals surface area contributed by atoms with Crippen LogP contribution in [0.2, 0.25) is 0 Å². The minimum atomic E-state index is -4.71. The van der Waals surface area contributed by atoms with Gasteiger partial charge in [-0.25, -0.2) is 0 Å². The summed E-state index contributed by atoms with van der Waals surface area (Å²) in [5.41, 5.74) is -0.683. The van der Waals surface area contributed by atoms with E-state index in [1.807, 2.05) is 0 Å². The second-order valence-corrected chi connectivity index (χ2v) is 6.86. The van der Waals surface area contributed by atoms with Gasteiger partial charge in [-0.05, 0) is 53.7 Å². The van der Waals surface area contributed by atoms with Crippen LogP contribution in [0.1, 0.15) is 16.7 Å². The summed E-state index contributed by atoms with van der Waals surface area (Å²) in [6.45, 7) is 0. The van der Waals surface area contributed by atoms with Gasteiger partial charge in [-0.3, -0.25) is 4.79 Å². The van der Waals surface area contributed by atoms with Crippen molar-refractivity contribution in [3.8, 4) is 23.3 Å². The van der Waals surface area contributed by atoms with E-state index in [0.717, 1.165) is 17.8 Å². The first kappa shape index (κ1) is 20.6. The fourth-order valence-electron chi connectivity index (χ4n) is 2.53. The lowest BCUT2D eigenvalue weighted by atomic mass is 10.1. The fourth-order valence-corrected chi connectivity index (χ4v) is 3.28. The Hall–Kier alpha value is -3.16. The van der Waals surface area contributed by atoms with E-state index in [1.54, 1.807) is 12.1 Å². The number of rotatable bonds is 4. The molecule has 0 bridgehead atoms. The van der Waals surface area contributed by atoms with E-state index < -0.39 is 29.0 Å². The minimum absolute atomic E-state index is 0.0266. The second-order valence-electron chi connectivity index (χ2n) is 5.82. The first-order valence-electron chi connectivity index (χ1n) is 8.06. The summed E-state index contributed by atoms with van der Waals surface area (Å²) in [5.74, 6) is -0.301. The summed E-state index contributed by atoms with van der Waals surface area (Å²) in [7, 11) is 1.33. The van der Waals surface area contributed by atoms with Crippen LogP contribution in [0.15, 0.2) is 41.3 Å². The van der Waals surface area contributed by atoms with Gasteiger partial charge in [-0.15, -0.1) is 0 Å². The van der Waals surface area contributed by atoms with E-state index >= 15 is 0 Å². The van der Waals surface area contributed by atoms with Gasteiger partial charge in [-0.1, -0.05) is 6.07 Å².